The van der Waals surface area contributed by atoms with Gasteiger partial charge in [-0.15, -0.1) is 0 Å². The van der Waals surface area contributed by atoms with Crippen LogP contribution in [0.1, 0.15) is 29.5 Å². The number of benzene rings is 2. The summed E-state index contributed by atoms with van der Waals surface area (Å²) in [5.74, 6) is 0. The minimum absolute atomic E-state index is 0.768. The predicted octanol–water partition coefficient (Wildman–Crippen LogP) is 4.22. The van der Waals surface area contributed by atoms with Gasteiger partial charge in [-0.3, -0.25) is 0 Å². The highest BCUT2D eigenvalue weighted by Gasteiger charge is 2.19. The second-order valence-corrected chi connectivity index (χ2v) is 5.67. The van der Waals surface area contributed by atoms with Gasteiger partial charge in [-0.2, -0.15) is 0 Å². The van der Waals surface area contributed by atoms with Crippen molar-refractivity contribution in [2.24, 2.45) is 0 Å². The average molecular weight is 251 g/mol. The Morgan fingerprint density at radius 2 is 1.74 bits per heavy atom. The summed E-state index contributed by atoms with van der Waals surface area (Å²) in [6, 6.07) is 16.4. The molecule has 98 valence electrons. The van der Waals surface area contributed by atoms with Crippen LogP contribution < -0.4 is 5.32 Å². The van der Waals surface area contributed by atoms with Crippen molar-refractivity contribution in [2.75, 3.05) is 0 Å². The van der Waals surface area contributed by atoms with E-state index >= 15 is 0 Å². The zero-order valence-corrected chi connectivity index (χ0v) is 11.7. The Kier molecular flexibility index (Phi) is 3.39. The fourth-order valence-corrected chi connectivity index (χ4v) is 2.37. The first-order chi connectivity index (χ1) is 9.22. The first-order valence-corrected chi connectivity index (χ1v) is 7.12. The van der Waals surface area contributed by atoms with Crippen LogP contribution in [0.5, 0.6) is 0 Å². The van der Waals surface area contributed by atoms with E-state index in [1.54, 1.807) is 0 Å². The molecule has 1 nitrogen and oxygen atoms in total. The topological polar surface area (TPSA) is 12.0 Å². The van der Waals surface area contributed by atoms with Gasteiger partial charge in [-0.1, -0.05) is 42.0 Å². The van der Waals surface area contributed by atoms with Crippen LogP contribution in [-0.2, 0) is 6.54 Å². The molecular formula is C18H21N. The molecule has 0 radical (unpaired) electrons. The molecular weight excluding hydrogens is 230 g/mol. The molecule has 0 amide bonds. The average Bonchev–Trinajstić information content (AvgIpc) is 3.23. The second kappa shape index (κ2) is 5.18. The van der Waals surface area contributed by atoms with Crippen LogP contribution in [0, 0.1) is 13.8 Å². The van der Waals surface area contributed by atoms with Crippen LogP contribution >= 0.6 is 0 Å². The lowest BCUT2D eigenvalue weighted by atomic mass is 9.97. The second-order valence-electron chi connectivity index (χ2n) is 5.67. The zero-order chi connectivity index (χ0) is 13.2. The van der Waals surface area contributed by atoms with Gasteiger partial charge in [0.05, 0.1) is 0 Å². The molecule has 1 saturated carbocycles. The molecule has 1 heteroatoms. The normalized spacial score (nSPS) is 14.6. The SMILES string of the molecule is Cc1ccc(-c2cc(CNC3CC3)ccc2C)cc1. The molecule has 0 aromatic heterocycles. The number of nitrogens with one attached hydrogen (secondary N) is 1. The monoisotopic (exact) mass is 251 g/mol. The van der Waals surface area contributed by atoms with Crippen LogP contribution in [0.3, 0.4) is 0 Å². The molecule has 3 rings (SSSR count). The van der Waals surface area contributed by atoms with Gasteiger partial charge in [0.2, 0.25) is 0 Å². The Morgan fingerprint density at radius 1 is 1.00 bits per heavy atom. The van der Waals surface area contributed by atoms with E-state index < -0.39 is 0 Å². The molecule has 2 aromatic rings. The standard InChI is InChI=1S/C18H21N/c1-13-3-7-16(8-4-13)18-11-15(6-5-14(18)2)12-19-17-9-10-17/h3-8,11,17,19H,9-10,12H2,1-2H3. The summed E-state index contributed by atoms with van der Waals surface area (Å²) in [5.41, 5.74) is 6.71. The van der Waals surface area contributed by atoms with E-state index in [9.17, 15) is 0 Å². The number of hydrogen-bond donors (Lipinski definition) is 1. The first kappa shape index (κ1) is 12.4. The summed E-state index contributed by atoms with van der Waals surface area (Å²) >= 11 is 0. The lowest BCUT2D eigenvalue weighted by molar-refractivity contribution is 0.688. The Balaban J connectivity index is 1.85. The van der Waals surface area contributed by atoms with E-state index in [1.807, 2.05) is 0 Å². The van der Waals surface area contributed by atoms with Crippen molar-refractivity contribution in [3.63, 3.8) is 0 Å². The van der Waals surface area contributed by atoms with Crippen molar-refractivity contribution >= 4 is 0 Å². The maximum Gasteiger partial charge on any atom is 0.0208 e. The number of hydrogen-bond acceptors (Lipinski definition) is 1. The molecule has 1 N–H and O–H groups in total. The molecule has 19 heavy (non-hydrogen) atoms. The Morgan fingerprint density at radius 3 is 2.42 bits per heavy atom. The minimum atomic E-state index is 0.768. The summed E-state index contributed by atoms with van der Waals surface area (Å²) < 4.78 is 0. The molecule has 0 heterocycles. The third kappa shape index (κ3) is 3.05. The van der Waals surface area contributed by atoms with Gasteiger partial charge in [0.15, 0.2) is 0 Å². The summed E-state index contributed by atoms with van der Waals surface area (Å²) in [5, 5.41) is 3.58. The highest BCUT2D eigenvalue weighted by atomic mass is 14.9. The molecule has 0 bridgehead atoms. The lowest BCUT2D eigenvalue weighted by Gasteiger charge is -2.10. The van der Waals surface area contributed by atoms with Crippen LogP contribution in [0.4, 0.5) is 0 Å². The van der Waals surface area contributed by atoms with Gasteiger partial charge in [0, 0.05) is 12.6 Å². The van der Waals surface area contributed by atoms with Gasteiger partial charge >= 0.3 is 0 Å². The van der Waals surface area contributed by atoms with Crippen molar-refractivity contribution in [1.29, 1.82) is 0 Å². The minimum Gasteiger partial charge on any atom is -0.310 e. The van der Waals surface area contributed by atoms with E-state index in [1.165, 1.54) is 40.7 Å². The summed E-state index contributed by atoms with van der Waals surface area (Å²) in [6.07, 6.45) is 2.69. The van der Waals surface area contributed by atoms with Crippen LogP contribution in [0.2, 0.25) is 0 Å². The fourth-order valence-electron chi connectivity index (χ4n) is 2.37. The van der Waals surface area contributed by atoms with Gasteiger partial charge in [-0.05, 0) is 55.0 Å². The Hall–Kier alpha value is -1.60. The fraction of sp³-hybridized carbons (Fsp3) is 0.333. The molecule has 1 fully saturated rings. The number of aryl methyl sites for hydroxylation is 2. The quantitative estimate of drug-likeness (QED) is 0.857. The van der Waals surface area contributed by atoms with Gasteiger partial charge in [0.25, 0.3) is 0 Å². The molecule has 0 aliphatic heterocycles. The van der Waals surface area contributed by atoms with E-state index in [2.05, 4.69) is 61.6 Å². The molecule has 0 atom stereocenters. The van der Waals surface area contributed by atoms with Crippen molar-refractivity contribution in [1.82, 2.24) is 5.32 Å². The molecule has 1 aliphatic carbocycles. The summed E-state index contributed by atoms with van der Waals surface area (Å²) in [7, 11) is 0. The van der Waals surface area contributed by atoms with E-state index in [-0.39, 0.29) is 0 Å². The molecule has 1 aliphatic rings. The van der Waals surface area contributed by atoms with Gasteiger partial charge < -0.3 is 5.32 Å². The third-order valence-electron chi connectivity index (χ3n) is 3.84. The largest absolute Gasteiger partial charge is 0.310 e. The summed E-state index contributed by atoms with van der Waals surface area (Å²) in [4.78, 5) is 0. The molecule has 2 aromatic carbocycles. The van der Waals surface area contributed by atoms with E-state index in [4.69, 9.17) is 0 Å². The van der Waals surface area contributed by atoms with Crippen molar-refractivity contribution in [3.8, 4) is 11.1 Å². The maximum atomic E-state index is 3.58. The highest BCUT2D eigenvalue weighted by Crippen LogP contribution is 2.26. The third-order valence-corrected chi connectivity index (χ3v) is 3.84. The number of rotatable bonds is 4. The first-order valence-electron chi connectivity index (χ1n) is 7.12. The van der Waals surface area contributed by atoms with Gasteiger partial charge in [0.1, 0.15) is 0 Å². The van der Waals surface area contributed by atoms with E-state index in [0.717, 1.165) is 12.6 Å². The van der Waals surface area contributed by atoms with Crippen LogP contribution in [-0.4, -0.2) is 6.04 Å². The van der Waals surface area contributed by atoms with E-state index in [0.29, 0.717) is 0 Å². The highest BCUT2D eigenvalue weighted by molar-refractivity contribution is 5.68. The predicted molar refractivity (Wildman–Crippen MR) is 81.2 cm³/mol. The Labute approximate surface area is 115 Å². The smallest absolute Gasteiger partial charge is 0.0208 e. The van der Waals surface area contributed by atoms with Crippen molar-refractivity contribution in [2.45, 2.75) is 39.3 Å². The Bertz CT molecular complexity index is 565. The summed E-state index contributed by atoms with van der Waals surface area (Å²) in [6.45, 7) is 5.31. The van der Waals surface area contributed by atoms with Crippen molar-refractivity contribution in [3.05, 3.63) is 59.2 Å². The van der Waals surface area contributed by atoms with Gasteiger partial charge in [-0.25, -0.2) is 0 Å². The lowest BCUT2D eigenvalue weighted by Crippen LogP contribution is -2.15. The molecule has 0 unspecified atom stereocenters. The maximum absolute atomic E-state index is 3.58. The van der Waals surface area contributed by atoms with Crippen LogP contribution in [0.25, 0.3) is 11.1 Å². The van der Waals surface area contributed by atoms with Crippen molar-refractivity contribution < 1.29 is 0 Å². The zero-order valence-electron chi connectivity index (χ0n) is 11.7. The van der Waals surface area contributed by atoms with Crippen LogP contribution in [0.15, 0.2) is 42.5 Å². The molecule has 0 spiro atoms. The molecule has 0 saturated heterocycles.